The molecule has 1 atom stereocenters. The van der Waals surface area contributed by atoms with E-state index in [1.165, 1.54) is 6.92 Å². The highest BCUT2D eigenvalue weighted by atomic mass is 16.2. The van der Waals surface area contributed by atoms with Gasteiger partial charge in [0.25, 0.3) is 10.9 Å². The molecule has 0 aliphatic carbocycles. The van der Waals surface area contributed by atoms with Gasteiger partial charge in [-0.05, 0) is 19.1 Å². The Hall–Kier alpha value is -2.70. The number of nitrogens with one attached hydrogen (secondary N) is 2. The SMILES string of the molecule is CC(Nc1c(Nc2ccncc2)c(=O)c1=O)C(N)=O. The number of rotatable bonds is 5. The number of carbonyl (C=O) groups is 1. The maximum atomic E-state index is 11.5. The Labute approximate surface area is 108 Å². The molecular weight excluding hydrogens is 248 g/mol. The Morgan fingerprint density at radius 2 is 1.79 bits per heavy atom. The molecule has 1 unspecified atom stereocenters. The van der Waals surface area contributed by atoms with E-state index in [4.69, 9.17) is 5.73 Å². The lowest BCUT2D eigenvalue weighted by Gasteiger charge is -2.17. The summed E-state index contributed by atoms with van der Waals surface area (Å²) in [7, 11) is 0. The molecule has 98 valence electrons. The first-order valence-electron chi connectivity index (χ1n) is 5.57. The van der Waals surface area contributed by atoms with E-state index in [-0.39, 0.29) is 11.4 Å². The van der Waals surface area contributed by atoms with Crippen LogP contribution in [0.4, 0.5) is 17.1 Å². The third kappa shape index (κ3) is 2.44. The van der Waals surface area contributed by atoms with Gasteiger partial charge in [-0.15, -0.1) is 0 Å². The number of pyridine rings is 1. The predicted molar refractivity (Wildman–Crippen MR) is 71.2 cm³/mol. The molecule has 0 aliphatic rings. The van der Waals surface area contributed by atoms with Gasteiger partial charge in [0, 0.05) is 18.1 Å². The van der Waals surface area contributed by atoms with Crippen LogP contribution in [0.3, 0.4) is 0 Å². The minimum Gasteiger partial charge on any atom is -0.369 e. The van der Waals surface area contributed by atoms with Crippen molar-refractivity contribution in [3.8, 4) is 0 Å². The summed E-state index contributed by atoms with van der Waals surface area (Å²) in [5.41, 5.74) is 4.63. The number of amides is 1. The standard InChI is InChI=1S/C12H12N4O3/c1-6(12(13)19)15-8-9(11(18)10(8)17)16-7-2-4-14-5-3-7/h2-6,15H,1H3,(H2,13,19)(H,14,16). The number of aromatic nitrogens is 1. The van der Waals surface area contributed by atoms with Crippen molar-refractivity contribution in [2.75, 3.05) is 10.6 Å². The normalized spacial score (nSPS) is 12.1. The Bertz CT molecular complexity index is 674. The zero-order valence-corrected chi connectivity index (χ0v) is 10.1. The van der Waals surface area contributed by atoms with E-state index in [2.05, 4.69) is 15.6 Å². The van der Waals surface area contributed by atoms with Crippen LogP contribution in [0.25, 0.3) is 0 Å². The second-order valence-corrected chi connectivity index (χ2v) is 4.04. The average molecular weight is 260 g/mol. The number of hydrogen-bond acceptors (Lipinski definition) is 6. The molecule has 1 aromatic carbocycles. The number of nitrogens with two attached hydrogens (primary N) is 1. The Morgan fingerprint density at radius 1 is 1.21 bits per heavy atom. The van der Waals surface area contributed by atoms with E-state index in [9.17, 15) is 14.4 Å². The third-order valence-corrected chi connectivity index (χ3v) is 2.65. The molecule has 0 saturated heterocycles. The molecule has 7 heteroatoms. The highest BCUT2D eigenvalue weighted by molar-refractivity contribution is 5.86. The van der Waals surface area contributed by atoms with Gasteiger partial charge in [0.05, 0.1) is 0 Å². The topological polar surface area (TPSA) is 114 Å². The van der Waals surface area contributed by atoms with Gasteiger partial charge in [0.2, 0.25) is 5.91 Å². The first-order chi connectivity index (χ1) is 9.00. The van der Waals surface area contributed by atoms with Crippen molar-refractivity contribution in [3.63, 3.8) is 0 Å². The van der Waals surface area contributed by atoms with Gasteiger partial charge in [-0.3, -0.25) is 19.4 Å². The zero-order chi connectivity index (χ0) is 14.0. The molecule has 4 N–H and O–H groups in total. The van der Waals surface area contributed by atoms with Gasteiger partial charge in [0.15, 0.2) is 0 Å². The smallest absolute Gasteiger partial charge is 0.253 e. The molecule has 2 rings (SSSR count). The summed E-state index contributed by atoms with van der Waals surface area (Å²) in [6.07, 6.45) is 3.10. The largest absolute Gasteiger partial charge is 0.369 e. The highest BCUT2D eigenvalue weighted by Crippen LogP contribution is 2.20. The fraction of sp³-hybridized carbons (Fsp3) is 0.167. The number of anilines is 3. The molecule has 1 amide bonds. The molecule has 1 heterocycles. The van der Waals surface area contributed by atoms with Crippen molar-refractivity contribution < 1.29 is 4.79 Å². The van der Waals surface area contributed by atoms with Crippen LogP contribution in [0, 0.1) is 0 Å². The summed E-state index contributed by atoms with van der Waals surface area (Å²) in [6.45, 7) is 1.51. The lowest BCUT2D eigenvalue weighted by molar-refractivity contribution is -0.118. The molecule has 0 saturated carbocycles. The molecule has 19 heavy (non-hydrogen) atoms. The first-order valence-corrected chi connectivity index (χ1v) is 5.57. The van der Waals surface area contributed by atoms with Crippen LogP contribution in [-0.4, -0.2) is 16.9 Å². The lowest BCUT2D eigenvalue weighted by Crippen LogP contribution is -2.41. The van der Waals surface area contributed by atoms with Crippen molar-refractivity contribution >= 4 is 23.0 Å². The van der Waals surface area contributed by atoms with Crippen molar-refractivity contribution in [2.45, 2.75) is 13.0 Å². The molecule has 0 bridgehead atoms. The summed E-state index contributed by atoms with van der Waals surface area (Å²) in [4.78, 5) is 37.7. The Kier molecular flexibility index (Phi) is 3.28. The predicted octanol–water partition coefficient (Wildman–Crippen LogP) is -0.293. The van der Waals surface area contributed by atoms with Gasteiger partial charge in [-0.25, -0.2) is 0 Å². The molecule has 0 spiro atoms. The van der Waals surface area contributed by atoms with Gasteiger partial charge in [-0.2, -0.15) is 0 Å². The van der Waals surface area contributed by atoms with Crippen molar-refractivity contribution in [2.24, 2.45) is 5.73 Å². The Morgan fingerprint density at radius 3 is 2.37 bits per heavy atom. The monoisotopic (exact) mass is 260 g/mol. The lowest BCUT2D eigenvalue weighted by atomic mass is 10.1. The van der Waals surface area contributed by atoms with E-state index >= 15 is 0 Å². The van der Waals surface area contributed by atoms with Crippen LogP contribution in [0.15, 0.2) is 34.1 Å². The van der Waals surface area contributed by atoms with Crippen LogP contribution in [0.2, 0.25) is 0 Å². The quantitative estimate of drug-likeness (QED) is 0.636. The molecule has 1 aromatic heterocycles. The van der Waals surface area contributed by atoms with Crippen LogP contribution in [0.5, 0.6) is 0 Å². The molecule has 7 nitrogen and oxygen atoms in total. The number of hydrogen-bond donors (Lipinski definition) is 3. The maximum Gasteiger partial charge on any atom is 0.253 e. The Balaban J connectivity index is 2.23. The van der Waals surface area contributed by atoms with E-state index in [0.29, 0.717) is 5.69 Å². The molecular formula is C12H12N4O3. The summed E-state index contributed by atoms with van der Waals surface area (Å²) < 4.78 is 0. The van der Waals surface area contributed by atoms with Crippen LogP contribution in [-0.2, 0) is 4.79 Å². The summed E-state index contributed by atoms with van der Waals surface area (Å²) in [5.74, 6) is -0.608. The minimum absolute atomic E-state index is 0.0770. The number of primary amides is 1. The van der Waals surface area contributed by atoms with Gasteiger partial charge in [0.1, 0.15) is 17.4 Å². The average Bonchev–Trinajstić information content (AvgIpc) is 2.42. The molecule has 0 radical (unpaired) electrons. The van der Waals surface area contributed by atoms with Crippen LogP contribution < -0.4 is 27.2 Å². The minimum atomic E-state index is -0.735. The third-order valence-electron chi connectivity index (χ3n) is 2.65. The van der Waals surface area contributed by atoms with Gasteiger partial charge in [-0.1, -0.05) is 0 Å². The van der Waals surface area contributed by atoms with E-state index in [1.54, 1.807) is 24.5 Å². The van der Waals surface area contributed by atoms with Crippen LogP contribution >= 0.6 is 0 Å². The van der Waals surface area contributed by atoms with Crippen molar-refractivity contribution in [1.29, 1.82) is 0 Å². The van der Waals surface area contributed by atoms with E-state index in [0.717, 1.165) is 0 Å². The first kappa shape index (κ1) is 12.7. The fourth-order valence-corrected chi connectivity index (χ4v) is 1.52. The molecule has 2 aromatic rings. The van der Waals surface area contributed by atoms with Gasteiger partial charge < -0.3 is 16.4 Å². The highest BCUT2D eigenvalue weighted by Gasteiger charge is 2.23. The van der Waals surface area contributed by atoms with Crippen molar-refractivity contribution in [1.82, 2.24) is 4.98 Å². The van der Waals surface area contributed by atoms with Gasteiger partial charge >= 0.3 is 0 Å². The second kappa shape index (κ2) is 4.89. The van der Waals surface area contributed by atoms with E-state index < -0.39 is 22.8 Å². The number of nitrogens with zero attached hydrogens (tertiary/aromatic N) is 1. The van der Waals surface area contributed by atoms with E-state index in [1.807, 2.05) is 0 Å². The second-order valence-electron chi connectivity index (χ2n) is 4.04. The fourth-order valence-electron chi connectivity index (χ4n) is 1.52. The summed E-state index contributed by atoms with van der Waals surface area (Å²) in [6, 6.07) is 2.57. The van der Waals surface area contributed by atoms with Crippen LogP contribution in [0.1, 0.15) is 6.92 Å². The molecule has 0 aliphatic heterocycles. The maximum absolute atomic E-state index is 11.5. The molecule has 0 fully saturated rings. The summed E-state index contributed by atoms with van der Waals surface area (Å²) in [5, 5.41) is 5.43. The summed E-state index contributed by atoms with van der Waals surface area (Å²) >= 11 is 0. The zero-order valence-electron chi connectivity index (χ0n) is 10.1. The van der Waals surface area contributed by atoms with Crippen molar-refractivity contribution in [3.05, 3.63) is 45.0 Å². The number of carbonyl (C=O) groups excluding carboxylic acids is 1.